The van der Waals surface area contributed by atoms with Crippen LogP contribution in [0.15, 0.2) is 42.5 Å². The van der Waals surface area contributed by atoms with E-state index < -0.39 is 11.9 Å². The molecule has 0 unspecified atom stereocenters. The van der Waals surface area contributed by atoms with E-state index in [9.17, 15) is 9.59 Å². The van der Waals surface area contributed by atoms with E-state index in [1.54, 1.807) is 30.3 Å². The largest absolute Gasteiger partial charge is 0.462 e. The van der Waals surface area contributed by atoms with Crippen molar-refractivity contribution in [3.05, 3.63) is 64.2 Å². The Morgan fingerprint density at radius 3 is 2.17 bits per heavy atom. The smallest absolute Gasteiger partial charge is 0.343 e. The highest BCUT2D eigenvalue weighted by Gasteiger charge is 2.14. The van der Waals surface area contributed by atoms with Crippen molar-refractivity contribution in [2.45, 2.75) is 65.2 Å². The zero-order chi connectivity index (χ0) is 21.8. The molecule has 0 aliphatic carbocycles. The molecular weight excluding hydrogens is 400 g/mol. The molecule has 0 saturated heterocycles. The fourth-order valence-corrected chi connectivity index (χ4v) is 3.26. The Balaban J connectivity index is 1.79. The van der Waals surface area contributed by atoms with Gasteiger partial charge in [-0.25, -0.2) is 9.59 Å². The van der Waals surface area contributed by atoms with E-state index in [1.165, 1.54) is 44.6 Å². The molecule has 0 bridgehead atoms. The average Bonchev–Trinajstić information content (AvgIpc) is 2.75. The maximum absolute atomic E-state index is 12.4. The van der Waals surface area contributed by atoms with Crippen molar-refractivity contribution in [1.82, 2.24) is 0 Å². The van der Waals surface area contributed by atoms with Crippen LogP contribution < -0.4 is 4.74 Å². The van der Waals surface area contributed by atoms with Gasteiger partial charge in [-0.3, -0.25) is 0 Å². The van der Waals surface area contributed by atoms with E-state index >= 15 is 0 Å². The highest BCUT2D eigenvalue weighted by atomic mass is 35.5. The monoisotopic (exact) mass is 430 g/mol. The molecule has 162 valence electrons. The van der Waals surface area contributed by atoms with E-state index in [2.05, 4.69) is 6.92 Å². The minimum Gasteiger partial charge on any atom is -0.462 e. The van der Waals surface area contributed by atoms with Crippen LogP contribution >= 0.6 is 11.6 Å². The van der Waals surface area contributed by atoms with Gasteiger partial charge in [0.25, 0.3) is 0 Å². The lowest BCUT2D eigenvalue weighted by molar-refractivity contribution is 0.0497. The Kier molecular flexibility index (Phi) is 10.4. The van der Waals surface area contributed by atoms with Crippen molar-refractivity contribution < 1.29 is 19.1 Å². The summed E-state index contributed by atoms with van der Waals surface area (Å²) in [6, 6.07) is 11.6. The molecule has 4 nitrogen and oxygen atoms in total. The van der Waals surface area contributed by atoms with Crippen molar-refractivity contribution in [3.63, 3.8) is 0 Å². The summed E-state index contributed by atoms with van der Waals surface area (Å²) in [6.45, 7) is 4.49. The number of carbonyl (C=O) groups excluding carboxylic acids is 2. The first-order valence-electron chi connectivity index (χ1n) is 10.8. The van der Waals surface area contributed by atoms with E-state index in [0.717, 1.165) is 18.4 Å². The first-order valence-corrected chi connectivity index (χ1v) is 11.1. The normalized spacial score (nSPS) is 10.6. The third-order valence-corrected chi connectivity index (χ3v) is 5.17. The van der Waals surface area contributed by atoms with E-state index in [-0.39, 0.29) is 5.56 Å². The van der Waals surface area contributed by atoms with Gasteiger partial charge in [-0.15, -0.1) is 0 Å². The SMILES string of the molecule is CCCCCCCCCCOC(=O)c1cccc(C(=O)Oc2cc(C)ccc2Cl)c1. The van der Waals surface area contributed by atoms with Crippen molar-refractivity contribution in [1.29, 1.82) is 0 Å². The molecule has 0 N–H and O–H groups in total. The van der Waals surface area contributed by atoms with Crippen LogP contribution in [-0.2, 0) is 4.74 Å². The number of benzene rings is 2. The molecule has 2 rings (SSSR count). The molecule has 0 spiro atoms. The topological polar surface area (TPSA) is 52.6 Å². The van der Waals surface area contributed by atoms with Gasteiger partial charge in [-0.1, -0.05) is 75.6 Å². The second kappa shape index (κ2) is 13.1. The predicted octanol–water partition coefficient (Wildman–Crippen LogP) is 7.17. The van der Waals surface area contributed by atoms with Gasteiger partial charge in [-0.05, 0) is 49.2 Å². The molecule has 30 heavy (non-hydrogen) atoms. The Labute approximate surface area is 184 Å². The number of hydrogen-bond donors (Lipinski definition) is 0. The quantitative estimate of drug-likeness (QED) is 0.203. The van der Waals surface area contributed by atoms with Crippen LogP contribution in [0.3, 0.4) is 0 Å². The molecular formula is C25H31ClO4. The maximum atomic E-state index is 12.4. The van der Waals surface area contributed by atoms with Crippen LogP contribution in [0.1, 0.15) is 84.6 Å². The average molecular weight is 431 g/mol. The summed E-state index contributed by atoms with van der Waals surface area (Å²) in [5.74, 6) is -0.703. The summed E-state index contributed by atoms with van der Waals surface area (Å²) in [6.07, 6.45) is 9.48. The fourth-order valence-electron chi connectivity index (χ4n) is 3.10. The Hall–Kier alpha value is -2.33. The molecule has 0 aromatic heterocycles. The summed E-state index contributed by atoms with van der Waals surface area (Å²) in [4.78, 5) is 24.7. The Bertz CT molecular complexity index is 832. The number of hydrogen-bond acceptors (Lipinski definition) is 4. The molecule has 0 atom stereocenters. The molecule has 0 saturated carbocycles. The van der Waals surface area contributed by atoms with Crippen LogP contribution in [0.2, 0.25) is 5.02 Å². The number of aryl methyl sites for hydroxylation is 1. The predicted molar refractivity (Wildman–Crippen MR) is 120 cm³/mol. The van der Waals surface area contributed by atoms with Gasteiger partial charge in [0.15, 0.2) is 0 Å². The fraction of sp³-hybridized carbons (Fsp3) is 0.440. The molecule has 5 heteroatoms. The van der Waals surface area contributed by atoms with Gasteiger partial charge in [0.05, 0.1) is 22.8 Å². The second-order valence-corrected chi connectivity index (χ2v) is 7.92. The van der Waals surface area contributed by atoms with Crippen LogP contribution in [0.4, 0.5) is 0 Å². The van der Waals surface area contributed by atoms with Gasteiger partial charge in [0, 0.05) is 0 Å². The first-order chi connectivity index (χ1) is 14.5. The zero-order valence-corrected chi connectivity index (χ0v) is 18.7. The third kappa shape index (κ3) is 8.19. The number of ether oxygens (including phenoxy) is 2. The minimum atomic E-state index is -0.569. The van der Waals surface area contributed by atoms with Gasteiger partial charge in [0.1, 0.15) is 5.75 Å². The molecule has 0 amide bonds. The number of carbonyl (C=O) groups is 2. The van der Waals surface area contributed by atoms with Gasteiger partial charge in [0.2, 0.25) is 0 Å². The Morgan fingerprint density at radius 1 is 0.833 bits per heavy atom. The molecule has 0 heterocycles. The standard InChI is InChI=1S/C25H31ClO4/c1-3-4-5-6-7-8-9-10-16-29-24(27)20-12-11-13-21(18-20)25(28)30-23-17-19(2)14-15-22(23)26/h11-15,17-18H,3-10,16H2,1-2H3. The number of unbranched alkanes of at least 4 members (excludes halogenated alkanes) is 7. The van der Waals surface area contributed by atoms with E-state index in [4.69, 9.17) is 21.1 Å². The Morgan fingerprint density at radius 2 is 1.47 bits per heavy atom. The highest BCUT2D eigenvalue weighted by Crippen LogP contribution is 2.26. The first kappa shape index (κ1) is 23.9. The van der Waals surface area contributed by atoms with Crippen molar-refractivity contribution in [2.75, 3.05) is 6.61 Å². The van der Waals surface area contributed by atoms with Crippen LogP contribution in [0.5, 0.6) is 5.75 Å². The summed E-state index contributed by atoms with van der Waals surface area (Å²) < 4.78 is 10.7. The molecule has 0 aliphatic heterocycles. The van der Waals surface area contributed by atoms with Crippen molar-refractivity contribution in [2.24, 2.45) is 0 Å². The lowest BCUT2D eigenvalue weighted by atomic mass is 10.1. The van der Waals surface area contributed by atoms with Crippen molar-refractivity contribution >= 4 is 23.5 Å². The summed E-state index contributed by atoms with van der Waals surface area (Å²) >= 11 is 6.08. The highest BCUT2D eigenvalue weighted by molar-refractivity contribution is 6.32. The lowest BCUT2D eigenvalue weighted by Gasteiger charge is -2.09. The minimum absolute atomic E-state index is 0.272. The molecule has 0 aliphatic rings. The lowest BCUT2D eigenvalue weighted by Crippen LogP contribution is -2.12. The maximum Gasteiger partial charge on any atom is 0.343 e. The molecule has 0 fully saturated rings. The molecule has 0 radical (unpaired) electrons. The molecule has 2 aromatic rings. The van der Waals surface area contributed by atoms with Crippen LogP contribution in [0.25, 0.3) is 0 Å². The van der Waals surface area contributed by atoms with Crippen LogP contribution in [-0.4, -0.2) is 18.5 Å². The zero-order valence-electron chi connectivity index (χ0n) is 17.9. The van der Waals surface area contributed by atoms with Gasteiger partial charge in [-0.2, -0.15) is 0 Å². The van der Waals surface area contributed by atoms with E-state index in [1.807, 2.05) is 13.0 Å². The molecule has 2 aromatic carbocycles. The third-order valence-electron chi connectivity index (χ3n) is 4.85. The summed E-state index contributed by atoms with van der Waals surface area (Å²) in [7, 11) is 0. The van der Waals surface area contributed by atoms with E-state index in [0.29, 0.717) is 22.9 Å². The summed E-state index contributed by atoms with van der Waals surface area (Å²) in [5, 5.41) is 0.356. The van der Waals surface area contributed by atoms with Crippen LogP contribution in [0, 0.1) is 6.92 Å². The number of esters is 2. The van der Waals surface area contributed by atoms with Crippen molar-refractivity contribution in [3.8, 4) is 5.75 Å². The second-order valence-electron chi connectivity index (χ2n) is 7.51. The summed E-state index contributed by atoms with van der Waals surface area (Å²) in [5.41, 5.74) is 1.54. The number of halogens is 1. The number of rotatable bonds is 12. The van der Waals surface area contributed by atoms with Gasteiger partial charge < -0.3 is 9.47 Å². The van der Waals surface area contributed by atoms with Gasteiger partial charge >= 0.3 is 11.9 Å².